The highest BCUT2D eigenvalue weighted by molar-refractivity contribution is 5.47. The van der Waals surface area contributed by atoms with E-state index in [0.29, 0.717) is 12.3 Å². The van der Waals surface area contributed by atoms with Crippen LogP contribution < -0.4 is 10.2 Å². The van der Waals surface area contributed by atoms with Gasteiger partial charge in [0.25, 0.3) is 0 Å². The van der Waals surface area contributed by atoms with E-state index < -0.39 is 5.60 Å². The summed E-state index contributed by atoms with van der Waals surface area (Å²) in [7, 11) is 0. The highest BCUT2D eigenvalue weighted by atomic mass is 16.5. The Kier molecular flexibility index (Phi) is 7.06. The maximum absolute atomic E-state index is 12.8. The van der Waals surface area contributed by atoms with Gasteiger partial charge in [0.1, 0.15) is 12.2 Å². The van der Waals surface area contributed by atoms with Gasteiger partial charge in [0, 0.05) is 18.0 Å². The summed E-state index contributed by atoms with van der Waals surface area (Å²) in [5, 5.41) is 0. The van der Waals surface area contributed by atoms with Gasteiger partial charge in [0.2, 0.25) is 5.43 Å². The first-order valence-corrected chi connectivity index (χ1v) is 11.9. The molecule has 0 saturated heterocycles. The number of H-pyrrole nitrogens is 1. The molecule has 5 aromatic rings. The highest BCUT2D eigenvalue weighted by Gasteiger charge is 2.37. The van der Waals surface area contributed by atoms with Gasteiger partial charge in [-0.1, -0.05) is 121 Å². The van der Waals surface area contributed by atoms with Crippen LogP contribution >= 0.6 is 0 Å². The van der Waals surface area contributed by atoms with Gasteiger partial charge in [-0.05, 0) is 22.3 Å². The Morgan fingerprint density at radius 2 is 1.08 bits per heavy atom. The van der Waals surface area contributed by atoms with Crippen LogP contribution in [0.5, 0.6) is 5.75 Å². The van der Waals surface area contributed by atoms with Gasteiger partial charge in [-0.2, -0.15) is 0 Å². The van der Waals surface area contributed by atoms with Crippen molar-refractivity contribution in [3.05, 3.63) is 172 Å². The van der Waals surface area contributed by atoms with Crippen molar-refractivity contribution in [3.8, 4) is 5.75 Å². The van der Waals surface area contributed by atoms with Crippen molar-refractivity contribution in [1.29, 1.82) is 0 Å². The van der Waals surface area contributed by atoms with Crippen molar-refractivity contribution in [2.75, 3.05) is 0 Å². The van der Waals surface area contributed by atoms with Gasteiger partial charge in [0.05, 0.1) is 6.61 Å². The van der Waals surface area contributed by atoms with Crippen molar-refractivity contribution in [3.63, 3.8) is 0 Å². The second kappa shape index (κ2) is 10.9. The Hall–Kier alpha value is -4.41. The van der Waals surface area contributed by atoms with E-state index in [1.54, 1.807) is 12.3 Å². The van der Waals surface area contributed by atoms with Crippen molar-refractivity contribution < 1.29 is 9.47 Å². The molecule has 0 radical (unpaired) electrons. The average Bonchev–Trinajstić information content (AvgIpc) is 2.95. The van der Waals surface area contributed by atoms with E-state index in [1.807, 2.05) is 84.9 Å². The largest absolute Gasteiger partial charge is 0.483 e. The Morgan fingerprint density at radius 1 is 0.611 bits per heavy atom. The van der Waals surface area contributed by atoms with Crippen LogP contribution in [0.3, 0.4) is 0 Å². The number of hydrogen-bond acceptors (Lipinski definition) is 3. The van der Waals surface area contributed by atoms with E-state index in [2.05, 4.69) is 41.4 Å². The lowest BCUT2D eigenvalue weighted by molar-refractivity contribution is -0.00147. The first kappa shape index (κ1) is 23.3. The molecule has 0 atom stereocenters. The van der Waals surface area contributed by atoms with Gasteiger partial charge in [-0.3, -0.25) is 4.79 Å². The predicted molar refractivity (Wildman–Crippen MR) is 142 cm³/mol. The van der Waals surface area contributed by atoms with Crippen LogP contribution in [0.4, 0.5) is 0 Å². The molecule has 0 spiro atoms. The number of pyridine rings is 1. The number of benzene rings is 4. The summed E-state index contributed by atoms with van der Waals surface area (Å²) in [6.07, 6.45) is 1.61. The Bertz CT molecular complexity index is 1340. The molecular formula is C32H27NO3. The van der Waals surface area contributed by atoms with Crippen molar-refractivity contribution in [2.45, 2.75) is 18.8 Å². The second-order valence-corrected chi connectivity index (χ2v) is 8.53. The van der Waals surface area contributed by atoms with Crippen molar-refractivity contribution in [2.24, 2.45) is 0 Å². The number of hydrogen-bond donors (Lipinski definition) is 1. The highest BCUT2D eigenvalue weighted by Crippen LogP contribution is 2.40. The number of rotatable bonds is 9. The zero-order valence-corrected chi connectivity index (χ0v) is 19.8. The van der Waals surface area contributed by atoms with Gasteiger partial charge in [-0.15, -0.1) is 0 Å². The number of aromatic amines is 1. The van der Waals surface area contributed by atoms with Crippen LogP contribution in [0.2, 0.25) is 0 Å². The monoisotopic (exact) mass is 473 g/mol. The molecule has 1 N–H and O–H groups in total. The Labute approximate surface area is 210 Å². The van der Waals surface area contributed by atoms with Crippen LogP contribution in [0.25, 0.3) is 0 Å². The molecule has 0 aliphatic heterocycles. The standard InChI is InChI=1S/C32H27NO3/c34-30-21-29(33-22-31(30)35-23-25-13-5-1-6-14-25)24-36-32(26-15-7-2-8-16-26,27-17-9-3-10-18-27)28-19-11-4-12-20-28/h1-22H,23-24H2,(H,33,34). The maximum Gasteiger partial charge on any atom is 0.223 e. The third-order valence-electron chi connectivity index (χ3n) is 6.16. The van der Waals surface area contributed by atoms with Gasteiger partial charge >= 0.3 is 0 Å². The van der Waals surface area contributed by atoms with E-state index in [-0.39, 0.29) is 17.8 Å². The topological polar surface area (TPSA) is 51.3 Å². The minimum absolute atomic E-state index is 0.187. The fourth-order valence-electron chi connectivity index (χ4n) is 4.39. The van der Waals surface area contributed by atoms with Gasteiger partial charge in [-0.25, -0.2) is 0 Å². The summed E-state index contributed by atoms with van der Waals surface area (Å²) in [5.74, 6) is 0.281. The molecule has 0 amide bonds. The summed E-state index contributed by atoms with van der Waals surface area (Å²) in [4.78, 5) is 16.0. The zero-order chi connectivity index (χ0) is 24.6. The molecule has 0 unspecified atom stereocenters. The lowest BCUT2D eigenvalue weighted by Crippen LogP contribution is -2.33. The van der Waals surface area contributed by atoms with Crippen LogP contribution in [0, 0.1) is 0 Å². The van der Waals surface area contributed by atoms with Gasteiger partial charge in [0.15, 0.2) is 5.75 Å². The van der Waals surface area contributed by atoms with Crippen molar-refractivity contribution >= 4 is 0 Å². The quantitative estimate of drug-likeness (QED) is 0.250. The van der Waals surface area contributed by atoms with E-state index in [9.17, 15) is 4.79 Å². The smallest absolute Gasteiger partial charge is 0.223 e. The summed E-state index contributed by atoms with van der Waals surface area (Å²) in [6, 6.07) is 41.8. The summed E-state index contributed by atoms with van der Waals surface area (Å²) in [6.45, 7) is 0.534. The molecule has 4 nitrogen and oxygen atoms in total. The lowest BCUT2D eigenvalue weighted by atomic mass is 9.80. The zero-order valence-electron chi connectivity index (χ0n) is 19.8. The molecule has 4 heteroatoms. The molecule has 0 aliphatic carbocycles. The van der Waals surface area contributed by atoms with E-state index >= 15 is 0 Å². The Balaban J connectivity index is 1.46. The maximum atomic E-state index is 12.8. The van der Waals surface area contributed by atoms with Crippen LogP contribution in [-0.4, -0.2) is 4.98 Å². The molecule has 178 valence electrons. The fourth-order valence-corrected chi connectivity index (χ4v) is 4.39. The van der Waals surface area contributed by atoms with Crippen LogP contribution in [0.1, 0.15) is 27.9 Å². The number of nitrogens with one attached hydrogen (secondary N) is 1. The molecule has 0 aliphatic rings. The second-order valence-electron chi connectivity index (χ2n) is 8.53. The number of ether oxygens (including phenoxy) is 2. The van der Waals surface area contributed by atoms with Crippen LogP contribution in [0.15, 0.2) is 138 Å². The molecule has 1 aromatic heterocycles. The SMILES string of the molecule is O=c1cc(COC(c2ccccc2)(c2ccccc2)c2ccccc2)[nH]cc1OCc1ccccc1. The molecule has 0 bridgehead atoms. The van der Waals surface area contributed by atoms with E-state index in [1.165, 1.54) is 0 Å². The summed E-state index contributed by atoms with van der Waals surface area (Å²) >= 11 is 0. The van der Waals surface area contributed by atoms with E-state index in [4.69, 9.17) is 9.47 Å². The third kappa shape index (κ3) is 4.99. The first-order valence-electron chi connectivity index (χ1n) is 11.9. The molecule has 5 rings (SSSR count). The summed E-state index contributed by atoms with van der Waals surface area (Å²) < 4.78 is 12.5. The Morgan fingerprint density at radius 3 is 1.56 bits per heavy atom. The number of aromatic nitrogens is 1. The predicted octanol–water partition coefficient (Wildman–Crippen LogP) is 6.46. The molecule has 0 saturated carbocycles. The fraction of sp³-hybridized carbons (Fsp3) is 0.0938. The first-order chi connectivity index (χ1) is 17.8. The molecule has 36 heavy (non-hydrogen) atoms. The van der Waals surface area contributed by atoms with E-state index in [0.717, 1.165) is 22.3 Å². The normalized spacial score (nSPS) is 11.2. The average molecular weight is 474 g/mol. The third-order valence-corrected chi connectivity index (χ3v) is 6.16. The minimum atomic E-state index is -0.858. The summed E-state index contributed by atoms with van der Waals surface area (Å²) in [5.41, 5.74) is 3.64. The van der Waals surface area contributed by atoms with Crippen LogP contribution in [-0.2, 0) is 23.6 Å². The molecule has 0 fully saturated rings. The van der Waals surface area contributed by atoms with Gasteiger partial charge < -0.3 is 14.5 Å². The molecular weight excluding hydrogens is 446 g/mol. The lowest BCUT2D eigenvalue weighted by Gasteiger charge is -2.36. The minimum Gasteiger partial charge on any atom is -0.483 e. The van der Waals surface area contributed by atoms with Crippen molar-refractivity contribution in [1.82, 2.24) is 4.98 Å². The molecule has 4 aromatic carbocycles. The molecule has 1 heterocycles.